The highest BCUT2D eigenvalue weighted by Crippen LogP contribution is 2.30. The zero-order valence-corrected chi connectivity index (χ0v) is 16.2. The van der Waals surface area contributed by atoms with Gasteiger partial charge < -0.3 is 15.1 Å². The Balaban J connectivity index is 1.51. The Kier molecular flexibility index (Phi) is 5.59. The Morgan fingerprint density at radius 2 is 1.84 bits per heavy atom. The zero-order valence-electron chi connectivity index (χ0n) is 16.2. The summed E-state index contributed by atoms with van der Waals surface area (Å²) in [4.78, 5) is 20.4. The summed E-state index contributed by atoms with van der Waals surface area (Å²) < 4.78 is 58.4. The average molecular weight is 442 g/mol. The first-order chi connectivity index (χ1) is 15.3. The van der Waals surface area contributed by atoms with Gasteiger partial charge in [-0.05, 0) is 48.5 Å². The Hall–Kier alpha value is -4.21. The minimum Gasteiger partial charge on any atom is -0.423 e. The predicted molar refractivity (Wildman–Crippen MR) is 109 cm³/mol. The molecule has 2 heterocycles. The van der Waals surface area contributed by atoms with Crippen molar-refractivity contribution in [1.82, 2.24) is 9.97 Å². The molecule has 0 atom stereocenters. The predicted octanol–water partition coefficient (Wildman–Crippen LogP) is 5.89. The highest BCUT2D eigenvalue weighted by Gasteiger charge is 2.30. The van der Waals surface area contributed by atoms with Crippen molar-refractivity contribution < 1.29 is 26.8 Å². The molecule has 6 nitrogen and oxygen atoms in total. The number of hydrogen-bond donors (Lipinski definition) is 2. The number of anilines is 3. The third-order valence-electron chi connectivity index (χ3n) is 4.37. The number of carbonyl (C=O) groups is 1. The molecule has 0 saturated heterocycles. The van der Waals surface area contributed by atoms with E-state index >= 15 is 0 Å². The number of carbonyl (C=O) groups excluding carboxylic acids is 1. The first kappa shape index (κ1) is 21.0. The van der Waals surface area contributed by atoms with Gasteiger partial charge in [0.1, 0.15) is 5.82 Å². The molecule has 0 saturated carbocycles. The number of nitrogens with one attached hydrogen (secondary N) is 2. The fourth-order valence-corrected chi connectivity index (χ4v) is 2.83. The van der Waals surface area contributed by atoms with E-state index < -0.39 is 23.5 Å². The number of nitrogens with zero attached hydrogens (tertiary/aromatic N) is 2. The van der Waals surface area contributed by atoms with Crippen LogP contribution in [0.5, 0.6) is 0 Å². The first-order valence-electron chi connectivity index (χ1n) is 9.21. The molecule has 0 radical (unpaired) electrons. The van der Waals surface area contributed by atoms with Gasteiger partial charge in [0, 0.05) is 29.2 Å². The summed E-state index contributed by atoms with van der Waals surface area (Å²) in [6, 6.07) is 11.1. The van der Waals surface area contributed by atoms with Crippen LogP contribution in [0, 0.1) is 5.82 Å². The van der Waals surface area contributed by atoms with Crippen LogP contribution in [-0.4, -0.2) is 15.9 Å². The molecular weight excluding hydrogens is 428 g/mol. The molecule has 2 aromatic carbocycles. The van der Waals surface area contributed by atoms with Crippen LogP contribution in [0.4, 0.5) is 35.0 Å². The number of alkyl halides is 3. The largest absolute Gasteiger partial charge is 0.423 e. The summed E-state index contributed by atoms with van der Waals surface area (Å²) in [7, 11) is 0. The van der Waals surface area contributed by atoms with E-state index in [0.717, 1.165) is 24.3 Å². The highest BCUT2D eigenvalue weighted by molar-refractivity contribution is 6.04. The molecule has 162 valence electrons. The van der Waals surface area contributed by atoms with Crippen molar-refractivity contribution in [2.75, 3.05) is 10.6 Å². The van der Waals surface area contributed by atoms with Crippen LogP contribution in [0.25, 0.3) is 11.3 Å². The molecule has 2 N–H and O–H groups in total. The molecular formula is C22H14F4N4O2. The van der Waals surface area contributed by atoms with Crippen LogP contribution in [-0.2, 0) is 6.18 Å². The van der Waals surface area contributed by atoms with Crippen LogP contribution in [0.3, 0.4) is 0 Å². The quantitative estimate of drug-likeness (QED) is 0.377. The van der Waals surface area contributed by atoms with Gasteiger partial charge in [-0.15, -0.1) is 0 Å². The normalized spacial score (nSPS) is 11.2. The molecule has 0 aliphatic heterocycles. The Labute approximate surface area is 178 Å². The fraction of sp³-hybridized carbons (Fsp3) is 0.0455. The molecule has 10 heteroatoms. The van der Waals surface area contributed by atoms with Gasteiger partial charge in [0.05, 0.1) is 17.4 Å². The number of aromatic nitrogens is 2. The van der Waals surface area contributed by atoms with E-state index in [9.17, 15) is 22.4 Å². The third-order valence-corrected chi connectivity index (χ3v) is 4.37. The van der Waals surface area contributed by atoms with Crippen molar-refractivity contribution in [3.63, 3.8) is 0 Å². The Morgan fingerprint density at radius 3 is 2.59 bits per heavy atom. The number of pyridine rings is 1. The summed E-state index contributed by atoms with van der Waals surface area (Å²) in [5.74, 6) is -1.01. The summed E-state index contributed by atoms with van der Waals surface area (Å²) in [5, 5.41) is 5.12. The number of hydrogen-bond acceptors (Lipinski definition) is 5. The van der Waals surface area contributed by atoms with Crippen LogP contribution in [0.1, 0.15) is 15.9 Å². The van der Waals surface area contributed by atoms with Gasteiger partial charge in [0.2, 0.25) is 0 Å². The highest BCUT2D eigenvalue weighted by atomic mass is 19.4. The number of rotatable bonds is 5. The van der Waals surface area contributed by atoms with Crippen molar-refractivity contribution in [2.24, 2.45) is 0 Å². The second-order valence-electron chi connectivity index (χ2n) is 6.62. The maximum atomic E-state index is 14.2. The van der Waals surface area contributed by atoms with E-state index in [1.54, 1.807) is 24.5 Å². The lowest BCUT2D eigenvalue weighted by Gasteiger charge is -2.11. The molecule has 0 aliphatic carbocycles. The lowest BCUT2D eigenvalue weighted by Crippen LogP contribution is -2.14. The van der Waals surface area contributed by atoms with E-state index in [1.807, 2.05) is 0 Å². The zero-order chi connectivity index (χ0) is 22.7. The smallest absolute Gasteiger partial charge is 0.416 e. The van der Waals surface area contributed by atoms with Gasteiger partial charge in [-0.2, -0.15) is 13.2 Å². The molecule has 0 bridgehead atoms. The Morgan fingerprint density at radius 1 is 1.00 bits per heavy atom. The molecule has 32 heavy (non-hydrogen) atoms. The minimum atomic E-state index is -4.58. The standard InChI is InChI=1S/C22H14F4N4O2/c23-17-7-6-16(29-20(31)13-3-1-5-15(9-13)22(24,25)26)10-18(17)30-21-28-12-19(32-21)14-4-2-8-27-11-14/h1-12H,(H,28,30)(H,29,31). The topological polar surface area (TPSA) is 80.0 Å². The van der Waals surface area contributed by atoms with Crippen LogP contribution in [0.15, 0.2) is 77.6 Å². The van der Waals surface area contributed by atoms with Gasteiger partial charge in [-0.25, -0.2) is 9.37 Å². The van der Waals surface area contributed by atoms with Gasteiger partial charge in [-0.3, -0.25) is 9.78 Å². The second kappa shape index (κ2) is 8.50. The van der Waals surface area contributed by atoms with Crippen LogP contribution in [0.2, 0.25) is 0 Å². The first-order valence-corrected chi connectivity index (χ1v) is 9.21. The molecule has 1 amide bonds. The van der Waals surface area contributed by atoms with Gasteiger partial charge in [0.15, 0.2) is 5.76 Å². The molecule has 0 unspecified atom stereocenters. The average Bonchev–Trinajstić information content (AvgIpc) is 3.25. The molecule has 4 aromatic rings. The SMILES string of the molecule is O=C(Nc1ccc(F)c(Nc2ncc(-c3cccnc3)o2)c1)c1cccc(C(F)(F)F)c1. The van der Waals surface area contributed by atoms with E-state index in [2.05, 4.69) is 20.6 Å². The van der Waals surface area contributed by atoms with Crippen molar-refractivity contribution in [3.8, 4) is 11.3 Å². The monoisotopic (exact) mass is 442 g/mol. The number of oxazole rings is 1. The maximum absolute atomic E-state index is 14.2. The third kappa shape index (κ3) is 4.75. The number of amides is 1. The van der Waals surface area contributed by atoms with E-state index in [1.165, 1.54) is 24.4 Å². The van der Waals surface area contributed by atoms with Crippen molar-refractivity contribution >= 4 is 23.3 Å². The fourth-order valence-electron chi connectivity index (χ4n) is 2.83. The van der Waals surface area contributed by atoms with E-state index in [4.69, 9.17) is 4.42 Å². The second-order valence-corrected chi connectivity index (χ2v) is 6.62. The summed E-state index contributed by atoms with van der Waals surface area (Å²) in [6.07, 6.45) is 0.0485. The molecule has 0 fully saturated rings. The van der Waals surface area contributed by atoms with Gasteiger partial charge in [0.25, 0.3) is 11.9 Å². The lowest BCUT2D eigenvalue weighted by molar-refractivity contribution is -0.137. The molecule has 4 rings (SSSR count). The molecule has 2 aromatic heterocycles. The van der Waals surface area contributed by atoms with Crippen molar-refractivity contribution in [1.29, 1.82) is 0 Å². The summed E-state index contributed by atoms with van der Waals surface area (Å²) in [5.41, 5.74) is -0.343. The maximum Gasteiger partial charge on any atom is 0.416 e. The van der Waals surface area contributed by atoms with Gasteiger partial charge >= 0.3 is 6.18 Å². The lowest BCUT2D eigenvalue weighted by atomic mass is 10.1. The van der Waals surface area contributed by atoms with Crippen molar-refractivity contribution in [2.45, 2.75) is 6.18 Å². The van der Waals surface area contributed by atoms with E-state index in [0.29, 0.717) is 11.3 Å². The van der Waals surface area contributed by atoms with Crippen LogP contribution < -0.4 is 10.6 Å². The van der Waals surface area contributed by atoms with Gasteiger partial charge in [-0.1, -0.05) is 6.07 Å². The summed E-state index contributed by atoms with van der Waals surface area (Å²) in [6.45, 7) is 0. The Bertz CT molecular complexity index is 1260. The molecule has 0 aliphatic rings. The minimum absolute atomic E-state index is 0.00380. The number of halogens is 4. The van der Waals surface area contributed by atoms with Crippen molar-refractivity contribution in [3.05, 3.63) is 90.1 Å². The summed E-state index contributed by atoms with van der Waals surface area (Å²) >= 11 is 0. The van der Waals surface area contributed by atoms with Crippen LogP contribution >= 0.6 is 0 Å². The number of benzene rings is 2. The van der Waals surface area contributed by atoms with E-state index in [-0.39, 0.29) is 23.0 Å². The molecule has 0 spiro atoms.